The van der Waals surface area contributed by atoms with Gasteiger partial charge in [-0.05, 0) is 19.1 Å². The van der Waals surface area contributed by atoms with Crippen LogP contribution < -0.4 is 0 Å². The number of aliphatic carboxylic acids is 1. The van der Waals surface area contributed by atoms with Crippen LogP contribution in [0.15, 0.2) is 11.6 Å². The van der Waals surface area contributed by atoms with Crippen LogP contribution in [0.5, 0.6) is 0 Å². The molecule has 12 heavy (non-hydrogen) atoms. The number of carbonyl (C=O) groups is 1. The predicted octanol–water partition coefficient (Wildman–Crippen LogP) is 2.55. The number of carboxylic acids is 1. The summed E-state index contributed by atoms with van der Waals surface area (Å²) in [4.78, 5) is 10.4. The van der Waals surface area contributed by atoms with Gasteiger partial charge in [0.2, 0.25) is 0 Å². The van der Waals surface area contributed by atoms with Gasteiger partial charge in [0.25, 0.3) is 0 Å². The first-order valence-corrected chi connectivity index (χ1v) is 5.14. The summed E-state index contributed by atoms with van der Waals surface area (Å²) < 4.78 is 0. The third-order valence-electron chi connectivity index (χ3n) is 1.54. The van der Waals surface area contributed by atoms with Gasteiger partial charge in [-0.3, -0.25) is 0 Å². The molecule has 1 N–H and O–H groups in total. The van der Waals surface area contributed by atoms with Crippen molar-refractivity contribution in [1.29, 1.82) is 0 Å². The number of hydrogen-bond acceptors (Lipinski definition) is 2. The zero-order valence-electron chi connectivity index (χ0n) is 7.83. The second-order valence-electron chi connectivity index (χ2n) is 2.69. The maximum atomic E-state index is 10.4. The van der Waals surface area contributed by atoms with Crippen molar-refractivity contribution in [2.75, 3.05) is 5.75 Å². The molecule has 70 valence electrons. The van der Waals surface area contributed by atoms with E-state index in [0.29, 0.717) is 10.8 Å². The summed E-state index contributed by atoms with van der Waals surface area (Å²) in [5.74, 6) is 0.268. The molecule has 0 bridgehead atoms. The van der Waals surface area contributed by atoms with Crippen LogP contribution in [0, 0.1) is 0 Å². The number of thioether (sulfide) groups is 1. The van der Waals surface area contributed by atoms with Crippen molar-refractivity contribution in [1.82, 2.24) is 0 Å². The van der Waals surface area contributed by atoms with Crippen LogP contribution >= 0.6 is 11.8 Å². The van der Waals surface area contributed by atoms with Gasteiger partial charge in [-0.15, -0.1) is 0 Å². The molecule has 3 heteroatoms. The van der Waals surface area contributed by atoms with Crippen LogP contribution in [0.2, 0.25) is 0 Å². The lowest BCUT2D eigenvalue weighted by Gasteiger charge is -2.05. The Balaban J connectivity index is 3.79. The molecule has 0 aromatic heterocycles. The average Bonchev–Trinajstić information content (AvgIpc) is 2.00. The molecule has 1 unspecified atom stereocenters. The van der Waals surface area contributed by atoms with Gasteiger partial charge in [0.05, 0.1) is 0 Å². The van der Waals surface area contributed by atoms with E-state index in [-0.39, 0.29) is 0 Å². The van der Waals surface area contributed by atoms with Gasteiger partial charge in [-0.2, -0.15) is 11.8 Å². The minimum Gasteiger partial charge on any atom is -0.478 e. The Morgan fingerprint density at radius 3 is 2.67 bits per heavy atom. The predicted molar refractivity (Wildman–Crippen MR) is 53.6 cm³/mol. The zero-order valence-corrected chi connectivity index (χ0v) is 8.65. The Hall–Kier alpha value is -0.440. The van der Waals surface area contributed by atoms with E-state index in [4.69, 9.17) is 5.11 Å². The molecule has 0 aliphatic rings. The normalized spacial score (nSPS) is 14.4. The molecule has 0 saturated carbocycles. The Morgan fingerprint density at radius 1 is 1.67 bits per heavy atom. The standard InChI is InChI=1S/C9H16O2S/c1-4-12-8(3)6-5-7(2)9(10)11/h5,8H,4,6H2,1-3H3,(H,10,11). The van der Waals surface area contributed by atoms with Gasteiger partial charge < -0.3 is 5.11 Å². The molecule has 0 heterocycles. The van der Waals surface area contributed by atoms with Crippen LogP contribution in [0.3, 0.4) is 0 Å². The first-order valence-electron chi connectivity index (χ1n) is 4.09. The minimum absolute atomic E-state index is 0.443. The van der Waals surface area contributed by atoms with Gasteiger partial charge in [0, 0.05) is 10.8 Å². The van der Waals surface area contributed by atoms with E-state index in [1.165, 1.54) is 0 Å². The summed E-state index contributed by atoms with van der Waals surface area (Å²) in [6.07, 6.45) is 2.63. The molecule has 0 radical (unpaired) electrons. The molecule has 2 nitrogen and oxygen atoms in total. The van der Waals surface area contributed by atoms with E-state index in [2.05, 4.69) is 13.8 Å². The SMILES string of the molecule is CCSC(C)CC=C(C)C(=O)O. The van der Waals surface area contributed by atoms with E-state index in [9.17, 15) is 4.79 Å². The second-order valence-corrected chi connectivity index (χ2v) is 4.41. The Kier molecular flexibility index (Phi) is 5.89. The number of allylic oxidation sites excluding steroid dienone is 1. The molecule has 0 fully saturated rings. The maximum Gasteiger partial charge on any atom is 0.330 e. The largest absolute Gasteiger partial charge is 0.478 e. The van der Waals surface area contributed by atoms with Gasteiger partial charge in [0.1, 0.15) is 0 Å². The fourth-order valence-corrected chi connectivity index (χ4v) is 1.58. The van der Waals surface area contributed by atoms with E-state index in [1.54, 1.807) is 13.0 Å². The molecule has 0 aromatic rings. The lowest BCUT2D eigenvalue weighted by atomic mass is 10.2. The molecule has 0 spiro atoms. The van der Waals surface area contributed by atoms with Crippen LogP contribution in [-0.4, -0.2) is 22.1 Å². The highest BCUT2D eigenvalue weighted by atomic mass is 32.2. The van der Waals surface area contributed by atoms with E-state index < -0.39 is 5.97 Å². The lowest BCUT2D eigenvalue weighted by molar-refractivity contribution is -0.132. The van der Waals surface area contributed by atoms with Gasteiger partial charge in [-0.25, -0.2) is 4.79 Å². The van der Waals surface area contributed by atoms with E-state index in [0.717, 1.165) is 12.2 Å². The van der Waals surface area contributed by atoms with E-state index >= 15 is 0 Å². The summed E-state index contributed by atoms with van der Waals surface area (Å²) in [6, 6.07) is 0. The van der Waals surface area contributed by atoms with Crippen molar-refractivity contribution in [2.45, 2.75) is 32.4 Å². The van der Waals surface area contributed by atoms with Crippen molar-refractivity contribution in [3.8, 4) is 0 Å². The number of carboxylic acid groups (broad SMARTS) is 1. The van der Waals surface area contributed by atoms with Crippen molar-refractivity contribution in [2.24, 2.45) is 0 Å². The second kappa shape index (κ2) is 6.12. The van der Waals surface area contributed by atoms with Crippen molar-refractivity contribution in [3.05, 3.63) is 11.6 Å². The quantitative estimate of drug-likeness (QED) is 0.674. The Morgan fingerprint density at radius 2 is 2.25 bits per heavy atom. The molecule has 0 aromatic carbocycles. The first kappa shape index (κ1) is 11.6. The first-order chi connectivity index (χ1) is 5.57. The maximum absolute atomic E-state index is 10.4. The summed E-state index contributed by atoms with van der Waals surface area (Å²) in [5.41, 5.74) is 0.443. The van der Waals surface area contributed by atoms with Crippen LogP contribution in [0.25, 0.3) is 0 Å². The Bertz CT molecular complexity index is 175. The minimum atomic E-state index is -0.816. The van der Waals surface area contributed by atoms with Crippen molar-refractivity contribution >= 4 is 17.7 Å². The fraction of sp³-hybridized carbons (Fsp3) is 0.667. The monoisotopic (exact) mass is 188 g/mol. The lowest BCUT2D eigenvalue weighted by Crippen LogP contribution is -1.99. The van der Waals surface area contributed by atoms with Crippen LogP contribution in [0.1, 0.15) is 27.2 Å². The van der Waals surface area contributed by atoms with Crippen molar-refractivity contribution < 1.29 is 9.90 Å². The summed E-state index contributed by atoms with van der Waals surface area (Å²) in [5, 5.41) is 9.07. The van der Waals surface area contributed by atoms with Crippen LogP contribution in [-0.2, 0) is 4.79 Å². The van der Waals surface area contributed by atoms with Gasteiger partial charge >= 0.3 is 5.97 Å². The van der Waals surface area contributed by atoms with E-state index in [1.807, 2.05) is 11.8 Å². The summed E-state index contributed by atoms with van der Waals surface area (Å²) in [7, 11) is 0. The molecule has 0 aliphatic heterocycles. The molecular weight excluding hydrogens is 172 g/mol. The number of rotatable bonds is 5. The molecule has 0 rings (SSSR count). The third-order valence-corrected chi connectivity index (χ3v) is 2.64. The molecule has 1 atom stereocenters. The van der Waals surface area contributed by atoms with Gasteiger partial charge in [0.15, 0.2) is 0 Å². The molecule has 0 aliphatic carbocycles. The highest BCUT2D eigenvalue weighted by Crippen LogP contribution is 2.14. The molecular formula is C9H16O2S. The summed E-state index contributed by atoms with van der Waals surface area (Å²) >= 11 is 1.85. The van der Waals surface area contributed by atoms with Gasteiger partial charge in [-0.1, -0.05) is 19.9 Å². The summed E-state index contributed by atoms with van der Waals surface area (Å²) in [6.45, 7) is 5.85. The topological polar surface area (TPSA) is 37.3 Å². The smallest absolute Gasteiger partial charge is 0.330 e. The average molecular weight is 188 g/mol. The number of hydrogen-bond donors (Lipinski definition) is 1. The highest BCUT2D eigenvalue weighted by Gasteiger charge is 2.02. The molecule has 0 amide bonds. The zero-order chi connectivity index (χ0) is 9.56. The fourth-order valence-electron chi connectivity index (χ4n) is 0.783. The third kappa shape index (κ3) is 5.24. The van der Waals surface area contributed by atoms with Crippen molar-refractivity contribution in [3.63, 3.8) is 0 Å². The van der Waals surface area contributed by atoms with Crippen LogP contribution in [0.4, 0.5) is 0 Å². The molecule has 0 saturated heterocycles. The Labute approximate surface area is 78.0 Å². The highest BCUT2D eigenvalue weighted by molar-refractivity contribution is 7.99.